The summed E-state index contributed by atoms with van der Waals surface area (Å²) in [4.78, 5) is 12.8. The molecule has 1 aliphatic rings. The molecule has 0 radical (unpaired) electrons. The first kappa shape index (κ1) is 23.7. The minimum atomic E-state index is -1.14. The maximum Gasteiger partial charge on any atom is 0.276 e. The fourth-order valence-electron chi connectivity index (χ4n) is 4.47. The molecule has 5 nitrogen and oxygen atoms in total. The van der Waals surface area contributed by atoms with Gasteiger partial charge in [0.25, 0.3) is 5.56 Å². The molecule has 2 aromatic carbocycles. The minimum Gasteiger partial charge on any atom is -0.381 e. The number of nitrogens with zero attached hydrogens (tertiary/aromatic N) is 2. The highest BCUT2D eigenvalue weighted by Gasteiger charge is 2.15. The molecule has 0 atom stereocenters. The van der Waals surface area contributed by atoms with Crippen LogP contribution in [0.3, 0.4) is 0 Å². The van der Waals surface area contributed by atoms with E-state index < -0.39 is 8.07 Å². The minimum absolute atomic E-state index is 0.106. The van der Waals surface area contributed by atoms with Crippen molar-refractivity contribution in [3.63, 3.8) is 0 Å². The summed E-state index contributed by atoms with van der Waals surface area (Å²) >= 11 is 0. The van der Waals surface area contributed by atoms with Gasteiger partial charge in [-0.1, -0.05) is 63.2 Å². The Kier molecular flexibility index (Phi) is 7.66. The summed E-state index contributed by atoms with van der Waals surface area (Å²) in [6, 6.07) is 16.0. The number of hydrogen-bond donors (Lipinski definition) is 1. The van der Waals surface area contributed by atoms with Crippen LogP contribution in [0, 0.1) is 0 Å². The zero-order valence-corrected chi connectivity index (χ0v) is 21.3. The second-order valence-electron chi connectivity index (χ2n) is 10.5. The number of aromatic nitrogens is 2. The predicted octanol–water partition coefficient (Wildman–Crippen LogP) is 6.37. The van der Waals surface area contributed by atoms with Crippen LogP contribution in [0.1, 0.15) is 49.1 Å². The van der Waals surface area contributed by atoms with Gasteiger partial charge in [0.05, 0.1) is 11.6 Å². The van der Waals surface area contributed by atoms with Crippen molar-refractivity contribution >= 4 is 24.5 Å². The first-order chi connectivity index (χ1) is 15.9. The molecule has 0 spiro atoms. The first-order valence-corrected chi connectivity index (χ1v) is 16.0. The van der Waals surface area contributed by atoms with Crippen LogP contribution in [-0.2, 0) is 18.0 Å². The number of anilines is 1. The summed E-state index contributed by atoms with van der Waals surface area (Å²) in [5, 5.41) is 9.31. The van der Waals surface area contributed by atoms with Crippen LogP contribution < -0.4 is 10.9 Å². The van der Waals surface area contributed by atoms with Crippen molar-refractivity contribution in [2.75, 3.05) is 11.9 Å². The van der Waals surface area contributed by atoms with Crippen LogP contribution in [0.25, 0.3) is 10.8 Å². The van der Waals surface area contributed by atoms with Crippen molar-refractivity contribution in [2.24, 2.45) is 0 Å². The van der Waals surface area contributed by atoms with E-state index in [2.05, 4.69) is 54.3 Å². The Morgan fingerprint density at radius 1 is 1.06 bits per heavy atom. The Bertz CT molecular complexity index is 1110. The molecule has 3 aromatic rings. The van der Waals surface area contributed by atoms with E-state index >= 15 is 0 Å². The fourth-order valence-corrected chi connectivity index (χ4v) is 5.22. The Labute approximate surface area is 198 Å². The molecule has 1 saturated carbocycles. The van der Waals surface area contributed by atoms with E-state index in [9.17, 15) is 4.79 Å². The standard InChI is InChI=1S/C27H37N3O2Si/c1-33(2,3)16-15-32-20-30-27(31)26-14-13-25(17-24(26)19-29-30)28-18-21-9-11-23(12-10-21)22-7-5-4-6-8-22/h9-14,17,19,22,28H,4-8,15-16,18,20H2,1-3H3. The van der Waals surface area contributed by atoms with E-state index in [0.29, 0.717) is 12.0 Å². The number of fused-ring (bicyclic) bond motifs is 1. The molecule has 0 bridgehead atoms. The van der Waals surface area contributed by atoms with Gasteiger partial charge in [-0.25, -0.2) is 4.68 Å². The summed E-state index contributed by atoms with van der Waals surface area (Å²) in [5.74, 6) is 0.739. The maximum atomic E-state index is 12.8. The normalized spacial score (nSPS) is 15.1. The van der Waals surface area contributed by atoms with Gasteiger partial charge in [0.15, 0.2) is 0 Å². The Morgan fingerprint density at radius 3 is 2.55 bits per heavy atom. The Hall–Kier alpha value is -2.44. The van der Waals surface area contributed by atoms with Crippen LogP contribution in [0.15, 0.2) is 53.5 Å². The van der Waals surface area contributed by atoms with E-state index in [4.69, 9.17) is 4.74 Å². The van der Waals surface area contributed by atoms with Gasteiger partial charge in [-0.15, -0.1) is 0 Å². The summed E-state index contributed by atoms with van der Waals surface area (Å²) in [7, 11) is -1.14. The lowest BCUT2D eigenvalue weighted by atomic mass is 9.84. The van der Waals surface area contributed by atoms with Gasteiger partial charge in [-0.3, -0.25) is 4.79 Å². The summed E-state index contributed by atoms with van der Waals surface area (Å²) in [5.41, 5.74) is 3.63. The van der Waals surface area contributed by atoms with E-state index in [1.165, 1.54) is 47.9 Å². The highest BCUT2D eigenvalue weighted by Crippen LogP contribution is 2.32. The van der Waals surface area contributed by atoms with Crippen LogP contribution in [0.2, 0.25) is 25.7 Å². The summed E-state index contributed by atoms with van der Waals surface area (Å²) in [6.45, 7) is 8.58. The molecule has 1 heterocycles. The van der Waals surface area contributed by atoms with Crippen LogP contribution >= 0.6 is 0 Å². The second kappa shape index (κ2) is 10.7. The van der Waals surface area contributed by atoms with Crippen molar-refractivity contribution in [1.82, 2.24) is 9.78 Å². The van der Waals surface area contributed by atoms with Gasteiger partial charge in [0, 0.05) is 32.3 Å². The number of hydrogen-bond acceptors (Lipinski definition) is 4. The molecule has 1 N–H and O–H groups in total. The van der Waals surface area contributed by atoms with Gasteiger partial charge < -0.3 is 10.1 Å². The monoisotopic (exact) mass is 463 g/mol. The maximum absolute atomic E-state index is 12.8. The van der Waals surface area contributed by atoms with Gasteiger partial charge in [-0.05, 0) is 54.1 Å². The molecule has 0 aliphatic heterocycles. The van der Waals surface area contributed by atoms with Gasteiger partial charge in [-0.2, -0.15) is 5.10 Å². The van der Waals surface area contributed by atoms with Crippen molar-refractivity contribution in [2.45, 2.75) is 77.0 Å². The highest BCUT2D eigenvalue weighted by molar-refractivity contribution is 6.76. The topological polar surface area (TPSA) is 56.1 Å². The summed E-state index contributed by atoms with van der Waals surface area (Å²) < 4.78 is 7.12. The smallest absolute Gasteiger partial charge is 0.276 e. The zero-order valence-electron chi connectivity index (χ0n) is 20.3. The average Bonchev–Trinajstić information content (AvgIpc) is 2.82. The fraction of sp³-hybridized carbons (Fsp3) is 0.481. The highest BCUT2D eigenvalue weighted by atomic mass is 28.3. The third-order valence-electron chi connectivity index (χ3n) is 6.62. The molecule has 1 aromatic heterocycles. The van der Waals surface area contributed by atoms with Gasteiger partial charge in [0.1, 0.15) is 6.73 Å². The van der Waals surface area contributed by atoms with Crippen molar-refractivity contribution in [3.8, 4) is 0 Å². The number of benzene rings is 2. The van der Waals surface area contributed by atoms with Gasteiger partial charge >= 0.3 is 0 Å². The number of nitrogens with one attached hydrogen (secondary N) is 1. The first-order valence-electron chi connectivity index (χ1n) is 12.3. The molecule has 4 rings (SSSR count). The predicted molar refractivity (Wildman–Crippen MR) is 140 cm³/mol. The molecule has 0 unspecified atom stereocenters. The largest absolute Gasteiger partial charge is 0.381 e. The molecule has 1 aliphatic carbocycles. The van der Waals surface area contributed by atoms with Crippen molar-refractivity contribution < 1.29 is 4.74 Å². The lowest BCUT2D eigenvalue weighted by molar-refractivity contribution is 0.0754. The lowest BCUT2D eigenvalue weighted by Crippen LogP contribution is -2.26. The second-order valence-corrected chi connectivity index (χ2v) is 16.2. The quantitative estimate of drug-likeness (QED) is 0.296. The molecule has 0 amide bonds. The molecule has 33 heavy (non-hydrogen) atoms. The number of ether oxygens (including phenoxy) is 1. The van der Waals surface area contributed by atoms with Crippen LogP contribution in [0.4, 0.5) is 5.69 Å². The van der Waals surface area contributed by atoms with Gasteiger partial charge in [0.2, 0.25) is 0 Å². The van der Waals surface area contributed by atoms with E-state index in [1.54, 1.807) is 6.20 Å². The third kappa shape index (κ3) is 6.55. The SMILES string of the molecule is C[Si](C)(C)CCOCn1ncc2cc(NCc3ccc(C4CCCCC4)cc3)ccc2c1=O. The molecule has 176 valence electrons. The average molecular weight is 464 g/mol. The van der Waals surface area contributed by atoms with Crippen LogP contribution in [-0.4, -0.2) is 24.5 Å². The Balaban J connectivity index is 1.35. The van der Waals surface area contributed by atoms with Crippen molar-refractivity contribution in [3.05, 3.63) is 70.1 Å². The van der Waals surface area contributed by atoms with Crippen LogP contribution in [0.5, 0.6) is 0 Å². The third-order valence-corrected chi connectivity index (χ3v) is 8.32. The van der Waals surface area contributed by atoms with E-state index in [0.717, 1.165) is 29.6 Å². The molecule has 0 saturated heterocycles. The van der Waals surface area contributed by atoms with E-state index in [-0.39, 0.29) is 12.3 Å². The molecule has 1 fully saturated rings. The molecular formula is C27H37N3O2Si. The Morgan fingerprint density at radius 2 is 1.82 bits per heavy atom. The van der Waals surface area contributed by atoms with E-state index in [1.807, 2.05) is 18.2 Å². The molecular weight excluding hydrogens is 426 g/mol. The lowest BCUT2D eigenvalue weighted by Gasteiger charge is -2.22. The zero-order chi connectivity index (χ0) is 23.3. The van der Waals surface area contributed by atoms with Crippen molar-refractivity contribution in [1.29, 1.82) is 0 Å². The summed E-state index contributed by atoms with van der Waals surface area (Å²) in [6.07, 6.45) is 8.52. The molecule has 6 heteroatoms. The number of rotatable bonds is 9.